The van der Waals surface area contributed by atoms with Crippen molar-refractivity contribution in [2.45, 2.75) is 4.90 Å². The number of nitrogens with one attached hydrogen (secondary N) is 2. The van der Waals surface area contributed by atoms with Crippen molar-refractivity contribution in [1.29, 1.82) is 0 Å². The zero-order valence-electron chi connectivity index (χ0n) is 12.2. The molecule has 124 valence electrons. The summed E-state index contributed by atoms with van der Waals surface area (Å²) in [5.74, 6) is 1.78. The molecule has 0 unspecified atom stereocenters. The molecule has 0 bridgehead atoms. The number of carbonyl (C=O) groups is 1. The van der Waals surface area contributed by atoms with Crippen molar-refractivity contribution >= 4 is 44.8 Å². The molecule has 24 heavy (non-hydrogen) atoms. The Morgan fingerprint density at radius 2 is 1.75 bits per heavy atom. The van der Waals surface area contributed by atoms with Crippen molar-refractivity contribution in [3.8, 4) is 12.3 Å². The van der Waals surface area contributed by atoms with E-state index in [1.165, 1.54) is 30.3 Å². The Morgan fingerprint density at radius 1 is 1.08 bits per heavy atom. The quantitative estimate of drug-likeness (QED) is 0.779. The van der Waals surface area contributed by atoms with Gasteiger partial charge >= 0.3 is 0 Å². The van der Waals surface area contributed by atoms with Crippen molar-refractivity contribution in [2.24, 2.45) is 0 Å². The molecule has 0 spiro atoms. The highest BCUT2D eigenvalue weighted by atomic mass is 35.5. The molecule has 0 heterocycles. The summed E-state index contributed by atoms with van der Waals surface area (Å²) < 4.78 is 26.0. The summed E-state index contributed by atoms with van der Waals surface area (Å²) >= 11 is 11.7. The lowest BCUT2D eigenvalue weighted by atomic mass is 10.2. The molecule has 5 nitrogen and oxygen atoms in total. The van der Waals surface area contributed by atoms with Gasteiger partial charge in [0.2, 0.25) is 10.0 Å². The molecule has 2 aromatic carbocycles. The van der Waals surface area contributed by atoms with Crippen molar-refractivity contribution in [3.63, 3.8) is 0 Å². The minimum Gasteiger partial charge on any atom is -0.322 e. The van der Waals surface area contributed by atoms with Crippen LogP contribution in [0.1, 0.15) is 10.4 Å². The van der Waals surface area contributed by atoms with Crippen molar-refractivity contribution in [1.82, 2.24) is 4.72 Å². The molecule has 2 rings (SSSR count). The highest BCUT2D eigenvalue weighted by Gasteiger charge is 2.14. The maximum absolute atomic E-state index is 12.2. The van der Waals surface area contributed by atoms with Gasteiger partial charge in [0.25, 0.3) is 5.91 Å². The number of amides is 1. The summed E-state index contributed by atoms with van der Waals surface area (Å²) in [6.45, 7) is -0.109. The van der Waals surface area contributed by atoms with Gasteiger partial charge in [0.05, 0.1) is 21.5 Å². The lowest BCUT2D eigenvalue weighted by molar-refractivity contribution is 0.102. The second-order valence-corrected chi connectivity index (χ2v) is 7.22. The predicted octanol–water partition coefficient (Wildman–Crippen LogP) is 3.16. The molecule has 0 aliphatic heterocycles. The van der Waals surface area contributed by atoms with Crippen LogP contribution < -0.4 is 10.0 Å². The number of sulfonamides is 1. The highest BCUT2D eigenvalue weighted by molar-refractivity contribution is 7.89. The molecule has 0 aliphatic carbocycles. The van der Waals surface area contributed by atoms with Crippen LogP contribution in [0.5, 0.6) is 0 Å². The summed E-state index contributed by atoms with van der Waals surface area (Å²) in [7, 11) is -3.69. The van der Waals surface area contributed by atoms with E-state index < -0.39 is 15.9 Å². The van der Waals surface area contributed by atoms with Crippen LogP contribution in [-0.2, 0) is 10.0 Å². The van der Waals surface area contributed by atoms with E-state index in [-0.39, 0.29) is 17.0 Å². The largest absolute Gasteiger partial charge is 0.322 e. The van der Waals surface area contributed by atoms with Gasteiger partial charge in [0.1, 0.15) is 0 Å². The Morgan fingerprint density at radius 3 is 2.33 bits per heavy atom. The first-order valence-electron chi connectivity index (χ1n) is 6.63. The molecule has 0 saturated heterocycles. The molecular weight excluding hydrogens is 371 g/mol. The molecule has 8 heteroatoms. The van der Waals surface area contributed by atoms with Gasteiger partial charge in [-0.25, -0.2) is 8.42 Å². The highest BCUT2D eigenvalue weighted by Crippen LogP contribution is 2.25. The smallest absolute Gasteiger partial charge is 0.255 e. The van der Waals surface area contributed by atoms with Crippen LogP contribution in [0.4, 0.5) is 5.69 Å². The first-order chi connectivity index (χ1) is 11.3. The van der Waals surface area contributed by atoms with Crippen LogP contribution in [0.2, 0.25) is 10.0 Å². The second-order valence-electron chi connectivity index (χ2n) is 4.64. The number of rotatable bonds is 5. The van der Waals surface area contributed by atoms with Gasteiger partial charge in [-0.05, 0) is 42.5 Å². The van der Waals surface area contributed by atoms with Crippen LogP contribution in [-0.4, -0.2) is 20.9 Å². The van der Waals surface area contributed by atoms with Gasteiger partial charge in [0, 0.05) is 11.3 Å². The summed E-state index contributed by atoms with van der Waals surface area (Å²) in [6.07, 6.45) is 5.02. The summed E-state index contributed by atoms with van der Waals surface area (Å²) in [4.78, 5) is 12.2. The Balaban J connectivity index is 2.14. The third-order valence-corrected chi connectivity index (χ3v) is 5.12. The van der Waals surface area contributed by atoms with Gasteiger partial charge in [-0.2, -0.15) is 4.72 Å². The normalized spacial score (nSPS) is 10.9. The van der Waals surface area contributed by atoms with Crippen molar-refractivity contribution < 1.29 is 13.2 Å². The van der Waals surface area contributed by atoms with Crippen LogP contribution in [0.15, 0.2) is 47.4 Å². The third-order valence-electron chi connectivity index (χ3n) is 2.97. The van der Waals surface area contributed by atoms with Gasteiger partial charge < -0.3 is 5.32 Å². The van der Waals surface area contributed by atoms with E-state index in [4.69, 9.17) is 29.6 Å². The van der Waals surface area contributed by atoms with E-state index in [0.717, 1.165) is 0 Å². The molecule has 0 aliphatic rings. The Bertz CT molecular complexity index is 904. The van der Waals surface area contributed by atoms with Gasteiger partial charge in [-0.1, -0.05) is 29.1 Å². The van der Waals surface area contributed by atoms with Gasteiger partial charge in [-0.3, -0.25) is 4.79 Å². The minimum absolute atomic E-state index is 0.0174. The fourth-order valence-electron chi connectivity index (χ4n) is 1.78. The zero-order chi connectivity index (χ0) is 17.7. The number of hydrogen-bond acceptors (Lipinski definition) is 3. The number of hydrogen-bond donors (Lipinski definition) is 2. The molecule has 2 aromatic rings. The van der Waals surface area contributed by atoms with E-state index in [2.05, 4.69) is 16.0 Å². The van der Waals surface area contributed by atoms with Crippen LogP contribution in [0, 0.1) is 12.3 Å². The predicted molar refractivity (Wildman–Crippen MR) is 94.9 cm³/mol. The third kappa shape index (κ3) is 4.49. The maximum Gasteiger partial charge on any atom is 0.255 e. The minimum atomic E-state index is -3.69. The zero-order valence-corrected chi connectivity index (χ0v) is 14.5. The molecule has 0 atom stereocenters. The number of halogens is 2. The Labute approximate surface area is 150 Å². The fraction of sp³-hybridized carbons (Fsp3) is 0.0625. The standard InChI is InChI=1S/C16H12Cl2N2O3S/c1-2-9-19-24(22,23)13-6-3-11(4-7-13)16(21)20-12-5-8-14(17)15(18)10-12/h1,3-8,10,19H,9H2,(H,20,21). The molecule has 2 N–H and O–H groups in total. The number of anilines is 1. The second kappa shape index (κ2) is 7.69. The first kappa shape index (κ1) is 18.3. The van der Waals surface area contributed by atoms with E-state index in [1.807, 2.05) is 0 Å². The summed E-state index contributed by atoms with van der Waals surface area (Å²) in [5.41, 5.74) is 0.763. The lowest BCUT2D eigenvalue weighted by Crippen LogP contribution is -2.24. The van der Waals surface area contributed by atoms with E-state index >= 15 is 0 Å². The molecule has 1 amide bonds. The SMILES string of the molecule is C#CCNS(=O)(=O)c1ccc(C(=O)Nc2ccc(Cl)c(Cl)c2)cc1. The van der Waals surface area contributed by atoms with E-state index in [0.29, 0.717) is 15.7 Å². The number of carbonyl (C=O) groups excluding carboxylic acids is 1. The first-order valence-corrected chi connectivity index (χ1v) is 8.87. The molecule has 0 radical (unpaired) electrons. The Kier molecular flexibility index (Phi) is 5.86. The molecule has 0 aromatic heterocycles. The van der Waals surface area contributed by atoms with Crippen LogP contribution in [0.25, 0.3) is 0 Å². The van der Waals surface area contributed by atoms with Gasteiger partial charge in [-0.15, -0.1) is 6.42 Å². The van der Waals surface area contributed by atoms with E-state index in [1.54, 1.807) is 12.1 Å². The summed E-state index contributed by atoms with van der Waals surface area (Å²) in [6, 6.07) is 10.1. The van der Waals surface area contributed by atoms with Crippen LogP contribution >= 0.6 is 23.2 Å². The molecule has 0 fully saturated rings. The van der Waals surface area contributed by atoms with Gasteiger partial charge in [0.15, 0.2) is 0 Å². The van der Waals surface area contributed by atoms with Crippen molar-refractivity contribution in [2.75, 3.05) is 11.9 Å². The van der Waals surface area contributed by atoms with Crippen molar-refractivity contribution in [3.05, 3.63) is 58.1 Å². The fourth-order valence-corrected chi connectivity index (χ4v) is 3.02. The molecule has 0 saturated carbocycles. The molecular formula is C16H12Cl2N2O3S. The topological polar surface area (TPSA) is 75.3 Å². The number of terminal acetylenes is 1. The van der Waals surface area contributed by atoms with Crippen LogP contribution in [0.3, 0.4) is 0 Å². The maximum atomic E-state index is 12.2. The van der Waals surface area contributed by atoms with E-state index in [9.17, 15) is 13.2 Å². The number of benzene rings is 2. The average Bonchev–Trinajstić information content (AvgIpc) is 2.56. The average molecular weight is 383 g/mol. The monoisotopic (exact) mass is 382 g/mol. The summed E-state index contributed by atoms with van der Waals surface area (Å²) in [5, 5.41) is 3.34. The lowest BCUT2D eigenvalue weighted by Gasteiger charge is -2.08. The Hall–Kier alpha value is -2.04.